The molecule has 2 amide bonds. The molecule has 1 aromatic heterocycles. The highest BCUT2D eigenvalue weighted by molar-refractivity contribution is 7.18. The maximum absolute atomic E-state index is 12.9. The van der Waals surface area contributed by atoms with Gasteiger partial charge in [0.2, 0.25) is 5.91 Å². The molecule has 7 heteroatoms. The molecule has 1 aliphatic heterocycles. The third kappa shape index (κ3) is 3.64. The van der Waals surface area contributed by atoms with Crippen molar-refractivity contribution in [3.05, 3.63) is 40.3 Å². The Labute approximate surface area is 162 Å². The van der Waals surface area contributed by atoms with Crippen molar-refractivity contribution in [1.82, 2.24) is 4.90 Å². The molecule has 4 rings (SSSR count). The van der Waals surface area contributed by atoms with Gasteiger partial charge in [0, 0.05) is 19.0 Å². The van der Waals surface area contributed by atoms with Crippen LogP contribution in [0.3, 0.4) is 0 Å². The van der Waals surface area contributed by atoms with Crippen molar-refractivity contribution in [2.75, 3.05) is 26.1 Å². The Balaban J connectivity index is 1.47. The van der Waals surface area contributed by atoms with E-state index in [9.17, 15) is 9.59 Å². The second kappa shape index (κ2) is 7.23. The number of nitrogens with zero attached hydrogens (tertiary/aromatic N) is 1. The fraction of sp³-hybridized carbons (Fsp3) is 0.400. The molecule has 0 unspecified atom stereocenters. The molecule has 27 heavy (non-hydrogen) atoms. The van der Waals surface area contributed by atoms with Crippen LogP contribution in [0.4, 0.5) is 5.00 Å². The largest absolute Gasteiger partial charge is 0.493 e. The van der Waals surface area contributed by atoms with Crippen LogP contribution in [0.2, 0.25) is 0 Å². The molecule has 2 aromatic rings. The number of methoxy groups -OCH3 is 2. The van der Waals surface area contributed by atoms with E-state index < -0.39 is 0 Å². The van der Waals surface area contributed by atoms with Crippen LogP contribution in [0.1, 0.15) is 33.6 Å². The molecule has 2 heterocycles. The number of rotatable bonds is 5. The smallest absolute Gasteiger partial charge is 0.264 e. The molecule has 1 fully saturated rings. The van der Waals surface area contributed by atoms with E-state index in [1.165, 1.54) is 16.9 Å². The zero-order valence-electron chi connectivity index (χ0n) is 15.4. The zero-order valence-corrected chi connectivity index (χ0v) is 16.2. The molecule has 0 spiro atoms. The van der Waals surface area contributed by atoms with Gasteiger partial charge < -0.3 is 19.7 Å². The maximum atomic E-state index is 12.9. The van der Waals surface area contributed by atoms with Crippen LogP contribution in [0, 0.1) is 5.92 Å². The minimum Gasteiger partial charge on any atom is -0.493 e. The summed E-state index contributed by atoms with van der Waals surface area (Å²) in [5.74, 6) is 1.59. The highest BCUT2D eigenvalue weighted by Crippen LogP contribution is 2.35. The highest BCUT2D eigenvalue weighted by Gasteiger charge is 2.30. The van der Waals surface area contributed by atoms with E-state index in [-0.39, 0.29) is 17.7 Å². The van der Waals surface area contributed by atoms with Gasteiger partial charge in [-0.2, -0.15) is 0 Å². The van der Waals surface area contributed by atoms with E-state index in [4.69, 9.17) is 9.47 Å². The van der Waals surface area contributed by atoms with Gasteiger partial charge >= 0.3 is 0 Å². The Morgan fingerprint density at radius 3 is 2.48 bits per heavy atom. The molecule has 6 nitrogen and oxygen atoms in total. The maximum Gasteiger partial charge on any atom is 0.264 e. The summed E-state index contributed by atoms with van der Waals surface area (Å²) in [5.41, 5.74) is 2.26. The van der Waals surface area contributed by atoms with E-state index in [1.807, 2.05) is 23.1 Å². The summed E-state index contributed by atoms with van der Waals surface area (Å²) in [4.78, 5) is 27.3. The third-order valence-corrected chi connectivity index (χ3v) is 6.01. The van der Waals surface area contributed by atoms with Crippen LogP contribution in [0.15, 0.2) is 24.3 Å². The van der Waals surface area contributed by atoms with E-state index >= 15 is 0 Å². The van der Waals surface area contributed by atoms with Crippen molar-refractivity contribution in [2.45, 2.75) is 25.8 Å². The van der Waals surface area contributed by atoms with Crippen molar-refractivity contribution < 1.29 is 19.1 Å². The minimum absolute atomic E-state index is 0.00708. The first-order valence-electron chi connectivity index (χ1n) is 9.02. The number of benzene rings is 1. The summed E-state index contributed by atoms with van der Waals surface area (Å²) < 4.78 is 10.7. The second-order valence-corrected chi connectivity index (χ2v) is 7.96. The molecule has 1 aliphatic carbocycles. The fourth-order valence-electron chi connectivity index (χ4n) is 3.30. The number of hydrogen-bond donors (Lipinski definition) is 1. The van der Waals surface area contributed by atoms with Gasteiger partial charge in [0.05, 0.1) is 24.1 Å². The number of ether oxygens (including phenoxy) is 2. The van der Waals surface area contributed by atoms with Gasteiger partial charge in [-0.05, 0) is 54.7 Å². The topological polar surface area (TPSA) is 67.9 Å². The molecule has 1 saturated carbocycles. The molecular formula is C20H22N2O4S. The van der Waals surface area contributed by atoms with E-state index in [2.05, 4.69) is 5.32 Å². The van der Waals surface area contributed by atoms with Crippen molar-refractivity contribution in [2.24, 2.45) is 5.92 Å². The molecule has 142 valence electrons. The Bertz CT molecular complexity index is 888. The Kier molecular flexibility index (Phi) is 4.78. The van der Waals surface area contributed by atoms with Crippen LogP contribution in [0.5, 0.6) is 11.5 Å². The molecule has 0 radical (unpaired) electrons. The molecular weight excluding hydrogens is 364 g/mol. The van der Waals surface area contributed by atoms with Gasteiger partial charge in [0.25, 0.3) is 5.91 Å². The molecule has 1 aromatic carbocycles. The summed E-state index contributed by atoms with van der Waals surface area (Å²) in [7, 11) is 3.23. The standard InChI is InChI=1S/C20H22N2O4S/c1-25-15-9-13-7-8-22(11-14(13)10-16(15)26-2)20(24)17-5-6-18(27-17)21-19(23)12-3-4-12/h5-6,9-10,12H,3-4,7-8,11H2,1-2H3,(H,21,23). The lowest BCUT2D eigenvalue weighted by molar-refractivity contribution is -0.117. The molecule has 0 saturated heterocycles. The Morgan fingerprint density at radius 1 is 1.11 bits per heavy atom. The van der Waals surface area contributed by atoms with Gasteiger partial charge in [-0.25, -0.2) is 0 Å². The van der Waals surface area contributed by atoms with E-state index in [0.29, 0.717) is 29.5 Å². The fourth-order valence-corrected chi connectivity index (χ4v) is 4.18. The van der Waals surface area contributed by atoms with E-state index in [1.54, 1.807) is 20.3 Å². The first-order chi connectivity index (χ1) is 13.1. The van der Waals surface area contributed by atoms with Crippen molar-refractivity contribution in [1.29, 1.82) is 0 Å². The number of anilines is 1. The lowest BCUT2D eigenvalue weighted by Gasteiger charge is -2.29. The van der Waals surface area contributed by atoms with E-state index in [0.717, 1.165) is 29.8 Å². The van der Waals surface area contributed by atoms with Gasteiger partial charge in [-0.15, -0.1) is 11.3 Å². The molecule has 2 aliphatic rings. The number of carbonyl (C=O) groups is 2. The summed E-state index contributed by atoms with van der Waals surface area (Å²) in [6, 6.07) is 7.54. The van der Waals surface area contributed by atoms with Gasteiger partial charge in [0.15, 0.2) is 11.5 Å². The SMILES string of the molecule is COc1cc2c(cc1OC)CN(C(=O)c1ccc(NC(=O)C3CC3)s1)CC2. The summed E-state index contributed by atoms with van der Waals surface area (Å²) in [5, 5.41) is 3.64. The van der Waals surface area contributed by atoms with Gasteiger partial charge in [-0.1, -0.05) is 0 Å². The van der Waals surface area contributed by atoms with Crippen LogP contribution < -0.4 is 14.8 Å². The average Bonchev–Trinajstić information content (AvgIpc) is 3.45. The minimum atomic E-state index is -0.00708. The highest BCUT2D eigenvalue weighted by atomic mass is 32.1. The monoisotopic (exact) mass is 386 g/mol. The molecule has 0 atom stereocenters. The number of thiophene rings is 1. The summed E-state index contributed by atoms with van der Waals surface area (Å²) >= 11 is 1.34. The number of hydrogen-bond acceptors (Lipinski definition) is 5. The summed E-state index contributed by atoms with van der Waals surface area (Å²) in [6.45, 7) is 1.19. The summed E-state index contributed by atoms with van der Waals surface area (Å²) in [6.07, 6.45) is 2.70. The second-order valence-electron chi connectivity index (χ2n) is 6.88. The molecule has 1 N–H and O–H groups in total. The lowest BCUT2D eigenvalue weighted by atomic mass is 9.98. The number of fused-ring (bicyclic) bond motifs is 1. The quantitative estimate of drug-likeness (QED) is 0.856. The normalized spacial score (nSPS) is 15.9. The van der Waals surface area contributed by atoms with Crippen LogP contribution in [-0.4, -0.2) is 37.5 Å². The number of amides is 2. The first-order valence-corrected chi connectivity index (χ1v) is 9.84. The average molecular weight is 386 g/mol. The van der Waals surface area contributed by atoms with Gasteiger partial charge in [-0.3, -0.25) is 9.59 Å². The first kappa shape index (κ1) is 17.9. The van der Waals surface area contributed by atoms with Crippen molar-refractivity contribution in [3.8, 4) is 11.5 Å². The van der Waals surface area contributed by atoms with Crippen molar-refractivity contribution in [3.63, 3.8) is 0 Å². The third-order valence-electron chi connectivity index (χ3n) is 5.02. The van der Waals surface area contributed by atoms with Crippen LogP contribution in [0.25, 0.3) is 0 Å². The number of carbonyl (C=O) groups excluding carboxylic acids is 2. The Morgan fingerprint density at radius 2 is 1.81 bits per heavy atom. The predicted molar refractivity (Wildman–Crippen MR) is 104 cm³/mol. The van der Waals surface area contributed by atoms with Crippen LogP contribution >= 0.6 is 11.3 Å². The van der Waals surface area contributed by atoms with Crippen molar-refractivity contribution >= 4 is 28.2 Å². The van der Waals surface area contributed by atoms with Crippen LogP contribution in [-0.2, 0) is 17.8 Å². The van der Waals surface area contributed by atoms with Gasteiger partial charge in [0.1, 0.15) is 0 Å². The number of nitrogens with one attached hydrogen (secondary N) is 1. The zero-order chi connectivity index (χ0) is 19.0. The Hall–Kier alpha value is -2.54. The predicted octanol–water partition coefficient (Wildman–Crippen LogP) is 3.31. The lowest BCUT2D eigenvalue weighted by Crippen LogP contribution is -2.35. The molecule has 0 bridgehead atoms.